The number of hydrogen-bond acceptors (Lipinski definition) is 6. The molecule has 0 aliphatic heterocycles. The lowest BCUT2D eigenvalue weighted by molar-refractivity contribution is -0.274. The van der Waals surface area contributed by atoms with Gasteiger partial charge in [-0.3, -0.25) is 9.78 Å². The van der Waals surface area contributed by atoms with Gasteiger partial charge in [0.15, 0.2) is 5.69 Å². The van der Waals surface area contributed by atoms with E-state index in [1.165, 1.54) is 37.7 Å². The maximum absolute atomic E-state index is 13.1. The van der Waals surface area contributed by atoms with Gasteiger partial charge in [0.1, 0.15) is 11.4 Å². The SMILES string of the molecule is Cn1nnc(-c2ccccn2)c1C(=O)N[C@@H](c1ccc(OC(F)(F)F)cc1)C(C)(C)O. The zero-order chi connectivity index (χ0) is 22.8. The Labute approximate surface area is 175 Å². The lowest BCUT2D eigenvalue weighted by atomic mass is 9.91. The first-order valence-electron chi connectivity index (χ1n) is 9.16. The maximum atomic E-state index is 13.1. The highest BCUT2D eigenvalue weighted by Crippen LogP contribution is 2.30. The molecule has 2 heterocycles. The van der Waals surface area contributed by atoms with E-state index in [0.717, 1.165) is 12.1 Å². The normalized spacial score (nSPS) is 13.0. The molecule has 0 saturated heterocycles. The number of pyridine rings is 1. The number of amides is 1. The van der Waals surface area contributed by atoms with Crippen molar-refractivity contribution < 1.29 is 27.8 Å². The number of nitrogens with one attached hydrogen (secondary N) is 1. The molecule has 1 atom stereocenters. The number of carbonyl (C=O) groups is 1. The quantitative estimate of drug-likeness (QED) is 0.617. The van der Waals surface area contributed by atoms with E-state index < -0.39 is 29.7 Å². The Hall–Kier alpha value is -3.47. The fraction of sp³-hybridized carbons (Fsp3) is 0.300. The van der Waals surface area contributed by atoms with Gasteiger partial charge in [-0.1, -0.05) is 23.4 Å². The number of aromatic nitrogens is 4. The summed E-state index contributed by atoms with van der Waals surface area (Å²) in [7, 11) is 1.54. The number of halogens is 3. The van der Waals surface area contributed by atoms with Crippen LogP contribution in [0.5, 0.6) is 5.75 Å². The third-order valence-electron chi connectivity index (χ3n) is 4.38. The number of nitrogens with zero attached hydrogens (tertiary/aromatic N) is 4. The lowest BCUT2D eigenvalue weighted by Crippen LogP contribution is -2.42. The summed E-state index contributed by atoms with van der Waals surface area (Å²) in [5, 5.41) is 21.2. The van der Waals surface area contributed by atoms with Gasteiger partial charge in [-0.05, 0) is 43.7 Å². The molecule has 2 N–H and O–H groups in total. The minimum absolute atomic E-state index is 0.116. The van der Waals surface area contributed by atoms with Crippen molar-refractivity contribution in [1.29, 1.82) is 0 Å². The van der Waals surface area contributed by atoms with Crippen LogP contribution in [-0.2, 0) is 7.05 Å². The van der Waals surface area contributed by atoms with Crippen molar-refractivity contribution in [3.05, 3.63) is 59.9 Å². The molecule has 11 heteroatoms. The van der Waals surface area contributed by atoms with Gasteiger partial charge in [0.25, 0.3) is 5.91 Å². The molecule has 8 nitrogen and oxygen atoms in total. The van der Waals surface area contributed by atoms with Gasteiger partial charge in [-0.15, -0.1) is 18.3 Å². The number of aryl methyl sites for hydroxylation is 1. The molecule has 0 fully saturated rings. The van der Waals surface area contributed by atoms with Gasteiger partial charge in [0.05, 0.1) is 17.3 Å². The van der Waals surface area contributed by atoms with Crippen molar-refractivity contribution in [2.75, 3.05) is 0 Å². The van der Waals surface area contributed by atoms with E-state index in [4.69, 9.17) is 0 Å². The third kappa shape index (κ3) is 5.37. The van der Waals surface area contributed by atoms with Crippen LogP contribution in [0.2, 0.25) is 0 Å². The summed E-state index contributed by atoms with van der Waals surface area (Å²) in [6, 6.07) is 9.08. The van der Waals surface area contributed by atoms with Crippen LogP contribution in [0, 0.1) is 0 Å². The van der Waals surface area contributed by atoms with Gasteiger partial charge in [-0.25, -0.2) is 4.68 Å². The standard InChI is InChI=1S/C20H20F3N5O3/c1-19(2,30)17(12-7-9-13(10-8-12)31-20(21,22)23)25-18(29)16-15(26-27-28(16)3)14-6-4-5-11-24-14/h4-11,17,30H,1-3H3,(H,25,29)/t17-/m0/s1. The smallest absolute Gasteiger partial charge is 0.406 e. The Morgan fingerprint density at radius 3 is 2.39 bits per heavy atom. The second-order valence-electron chi connectivity index (χ2n) is 7.30. The van der Waals surface area contributed by atoms with Crippen molar-refractivity contribution in [1.82, 2.24) is 25.3 Å². The Kier molecular flexibility index (Phi) is 5.98. The average molecular weight is 435 g/mol. The topological polar surface area (TPSA) is 102 Å². The molecule has 0 spiro atoms. The molecule has 0 radical (unpaired) electrons. The van der Waals surface area contributed by atoms with Gasteiger partial charge >= 0.3 is 6.36 Å². The molecule has 1 amide bonds. The van der Waals surface area contributed by atoms with Crippen molar-refractivity contribution in [3.63, 3.8) is 0 Å². The molecule has 0 bridgehead atoms. The monoisotopic (exact) mass is 435 g/mol. The molecular weight excluding hydrogens is 415 g/mol. The molecule has 2 aromatic heterocycles. The minimum atomic E-state index is -4.82. The van der Waals surface area contributed by atoms with E-state index in [1.54, 1.807) is 24.4 Å². The second kappa shape index (κ2) is 8.34. The van der Waals surface area contributed by atoms with Crippen LogP contribution in [-0.4, -0.2) is 43.0 Å². The number of hydrogen-bond donors (Lipinski definition) is 2. The van der Waals surface area contributed by atoms with Gasteiger partial charge in [-0.2, -0.15) is 0 Å². The first-order valence-corrected chi connectivity index (χ1v) is 9.16. The highest BCUT2D eigenvalue weighted by Gasteiger charge is 2.34. The van der Waals surface area contributed by atoms with E-state index in [0.29, 0.717) is 11.3 Å². The molecule has 0 saturated carbocycles. The zero-order valence-corrected chi connectivity index (χ0v) is 16.9. The number of aliphatic hydroxyl groups is 1. The summed E-state index contributed by atoms with van der Waals surface area (Å²) in [6.07, 6.45) is -3.27. The fourth-order valence-corrected chi connectivity index (χ4v) is 3.02. The van der Waals surface area contributed by atoms with Crippen LogP contribution in [0.3, 0.4) is 0 Å². The van der Waals surface area contributed by atoms with Crippen LogP contribution >= 0.6 is 0 Å². The van der Waals surface area contributed by atoms with E-state index in [9.17, 15) is 23.1 Å². The van der Waals surface area contributed by atoms with Crippen LogP contribution in [0.4, 0.5) is 13.2 Å². The van der Waals surface area contributed by atoms with Gasteiger partial charge < -0.3 is 15.2 Å². The molecule has 3 rings (SSSR count). The summed E-state index contributed by atoms with van der Waals surface area (Å²) in [4.78, 5) is 17.3. The molecule has 164 valence electrons. The number of benzene rings is 1. The molecular formula is C20H20F3N5O3. The number of carbonyl (C=O) groups excluding carboxylic acids is 1. The molecule has 0 aliphatic rings. The summed E-state index contributed by atoms with van der Waals surface area (Å²) >= 11 is 0. The number of alkyl halides is 3. The Morgan fingerprint density at radius 1 is 1.16 bits per heavy atom. The molecule has 3 aromatic rings. The van der Waals surface area contributed by atoms with E-state index >= 15 is 0 Å². The zero-order valence-electron chi connectivity index (χ0n) is 16.9. The van der Waals surface area contributed by atoms with Gasteiger partial charge in [0.2, 0.25) is 0 Å². The highest BCUT2D eigenvalue weighted by molar-refractivity contribution is 5.98. The van der Waals surface area contributed by atoms with Crippen LogP contribution in [0.25, 0.3) is 11.4 Å². The summed E-state index contributed by atoms with van der Waals surface area (Å²) < 4.78 is 42.3. The predicted octanol–water partition coefficient (Wildman–Crippen LogP) is 3.02. The van der Waals surface area contributed by atoms with Gasteiger partial charge in [0, 0.05) is 13.2 Å². The molecule has 0 aliphatic carbocycles. The summed E-state index contributed by atoms with van der Waals surface area (Å²) in [5.74, 6) is -0.999. The predicted molar refractivity (Wildman–Crippen MR) is 104 cm³/mol. The highest BCUT2D eigenvalue weighted by atomic mass is 19.4. The summed E-state index contributed by atoms with van der Waals surface area (Å²) in [5.41, 5.74) is -0.257. The largest absolute Gasteiger partial charge is 0.573 e. The van der Waals surface area contributed by atoms with Crippen LogP contribution in [0.1, 0.15) is 35.9 Å². The van der Waals surface area contributed by atoms with E-state index in [1.807, 2.05) is 0 Å². The maximum Gasteiger partial charge on any atom is 0.573 e. The van der Waals surface area contributed by atoms with Crippen molar-refractivity contribution in [2.45, 2.75) is 31.9 Å². The Balaban J connectivity index is 1.90. The molecule has 31 heavy (non-hydrogen) atoms. The number of ether oxygens (including phenoxy) is 1. The van der Waals surface area contributed by atoms with E-state index in [-0.39, 0.29) is 11.4 Å². The number of rotatable bonds is 6. The van der Waals surface area contributed by atoms with Crippen LogP contribution in [0.15, 0.2) is 48.7 Å². The van der Waals surface area contributed by atoms with Crippen LogP contribution < -0.4 is 10.1 Å². The Morgan fingerprint density at radius 2 is 1.84 bits per heavy atom. The molecule has 0 unspecified atom stereocenters. The van der Waals surface area contributed by atoms with Crippen molar-refractivity contribution >= 4 is 5.91 Å². The minimum Gasteiger partial charge on any atom is -0.406 e. The van der Waals surface area contributed by atoms with Crippen molar-refractivity contribution in [2.24, 2.45) is 7.05 Å². The average Bonchev–Trinajstić information content (AvgIpc) is 3.07. The second-order valence-corrected chi connectivity index (χ2v) is 7.30. The first-order chi connectivity index (χ1) is 14.5. The lowest BCUT2D eigenvalue weighted by Gasteiger charge is -2.30. The first kappa shape index (κ1) is 22.2. The Bertz CT molecular complexity index is 1040. The van der Waals surface area contributed by atoms with E-state index in [2.05, 4.69) is 25.3 Å². The molecule has 1 aromatic carbocycles. The third-order valence-corrected chi connectivity index (χ3v) is 4.38. The fourth-order valence-electron chi connectivity index (χ4n) is 3.02. The summed E-state index contributed by atoms with van der Waals surface area (Å²) in [6.45, 7) is 2.94. The van der Waals surface area contributed by atoms with Crippen molar-refractivity contribution in [3.8, 4) is 17.1 Å².